The normalized spacial score (nSPS) is 12.3. The van der Waals surface area contributed by atoms with E-state index in [-0.39, 0.29) is 0 Å². The van der Waals surface area contributed by atoms with Crippen LogP contribution in [-0.2, 0) is 11.2 Å². The van der Waals surface area contributed by atoms with Crippen molar-refractivity contribution < 1.29 is 9.90 Å². The maximum atomic E-state index is 10.3. The first-order chi connectivity index (χ1) is 8.68. The van der Waals surface area contributed by atoms with Gasteiger partial charge in [0.1, 0.15) is 0 Å². The van der Waals surface area contributed by atoms with E-state index in [1.807, 2.05) is 6.07 Å². The van der Waals surface area contributed by atoms with Gasteiger partial charge in [-0.1, -0.05) is 36.8 Å². The van der Waals surface area contributed by atoms with Crippen LogP contribution in [0.15, 0.2) is 30.3 Å². The van der Waals surface area contributed by atoms with Crippen LogP contribution in [0.3, 0.4) is 0 Å². The van der Waals surface area contributed by atoms with Crippen molar-refractivity contribution >= 4 is 5.97 Å². The first-order valence-corrected chi connectivity index (χ1v) is 6.67. The number of benzene rings is 1. The third kappa shape index (κ3) is 7.07. The van der Waals surface area contributed by atoms with Gasteiger partial charge in [-0.25, -0.2) is 0 Å². The molecular formula is C15H23NO2. The third-order valence-electron chi connectivity index (χ3n) is 2.94. The molecule has 1 unspecified atom stereocenters. The quantitative estimate of drug-likeness (QED) is 0.662. The van der Waals surface area contributed by atoms with Crippen LogP contribution >= 0.6 is 0 Å². The van der Waals surface area contributed by atoms with Gasteiger partial charge in [0, 0.05) is 12.5 Å². The Morgan fingerprint density at radius 1 is 1.22 bits per heavy atom. The van der Waals surface area contributed by atoms with E-state index in [0.717, 1.165) is 32.2 Å². The van der Waals surface area contributed by atoms with Crippen LogP contribution in [0.1, 0.15) is 38.2 Å². The van der Waals surface area contributed by atoms with Crippen LogP contribution in [0.2, 0.25) is 0 Å². The first kappa shape index (κ1) is 14.7. The smallest absolute Gasteiger partial charge is 0.303 e. The summed E-state index contributed by atoms with van der Waals surface area (Å²) in [4.78, 5) is 10.3. The second kappa shape index (κ2) is 8.70. The van der Waals surface area contributed by atoms with Crippen LogP contribution < -0.4 is 5.32 Å². The zero-order valence-corrected chi connectivity index (χ0v) is 11.1. The van der Waals surface area contributed by atoms with E-state index < -0.39 is 5.97 Å². The Hall–Kier alpha value is -1.35. The average Bonchev–Trinajstić information content (AvgIpc) is 2.34. The lowest BCUT2D eigenvalue weighted by molar-refractivity contribution is -0.137. The summed E-state index contributed by atoms with van der Waals surface area (Å²) in [6.07, 6.45) is 4.14. The highest BCUT2D eigenvalue weighted by atomic mass is 16.4. The molecule has 0 radical (unpaired) electrons. The zero-order valence-electron chi connectivity index (χ0n) is 11.1. The Kier molecular flexibility index (Phi) is 7.11. The van der Waals surface area contributed by atoms with Crippen LogP contribution in [0.25, 0.3) is 0 Å². The molecule has 100 valence electrons. The summed E-state index contributed by atoms with van der Waals surface area (Å²) < 4.78 is 0. The lowest BCUT2D eigenvalue weighted by Crippen LogP contribution is -2.28. The van der Waals surface area contributed by atoms with Gasteiger partial charge in [0.2, 0.25) is 0 Å². The molecule has 0 saturated heterocycles. The molecule has 0 aromatic heterocycles. The molecule has 3 nitrogen and oxygen atoms in total. The molecule has 0 spiro atoms. The third-order valence-corrected chi connectivity index (χ3v) is 2.94. The highest BCUT2D eigenvalue weighted by Gasteiger charge is 2.02. The van der Waals surface area contributed by atoms with E-state index in [2.05, 4.69) is 36.5 Å². The Labute approximate surface area is 109 Å². The molecule has 0 aliphatic carbocycles. The van der Waals surface area contributed by atoms with Crippen molar-refractivity contribution in [2.75, 3.05) is 6.54 Å². The van der Waals surface area contributed by atoms with E-state index in [9.17, 15) is 4.79 Å². The highest BCUT2D eigenvalue weighted by molar-refractivity contribution is 5.66. The molecule has 0 amide bonds. The second-order valence-electron chi connectivity index (χ2n) is 4.75. The van der Waals surface area contributed by atoms with Gasteiger partial charge >= 0.3 is 5.97 Å². The van der Waals surface area contributed by atoms with Crippen molar-refractivity contribution in [1.29, 1.82) is 0 Å². The maximum absolute atomic E-state index is 10.3. The predicted molar refractivity (Wildman–Crippen MR) is 73.7 cm³/mol. The molecule has 1 atom stereocenters. The first-order valence-electron chi connectivity index (χ1n) is 6.67. The molecule has 0 saturated carbocycles. The Morgan fingerprint density at radius 3 is 2.61 bits per heavy atom. The number of carboxylic acids is 1. The molecule has 0 heterocycles. The van der Waals surface area contributed by atoms with E-state index in [0.29, 0.717) is 12.5 Å². The monoisotopic (exact) mass is 249 g/mol. The largest absolute Gasteiger partial charge is 0.481 e. The van der Waals surface area contributed by atoms with Crippen molar-refractivity contribution in [1.82, 2.24) is 5.32 Å². The van der Waals surface area contributed by atoms with Crippen LogP contribution in [0.5, 0.6) is 0 Å². The molecule has 18 heavy (non-hydrogen) atoms. The summed E-state index contributed by atoms with van der Waals surface area (Å²) >= 11 is 0. The predicted octanol–water partition coefficient (Wildman–Crippen LogP) is 2.85. The van der Waals surface area contributed by atoms with E-state index in [1.165, 1.54) is 5.56 Å². The molecule has 2 N–H and O–H groups in total. The van der Waals surface area contributed by atoms with Gasteiger partial charge in [-0.3, -0.25) is 4.79 Å². The summed E-state index contributed by atoms with van der Waals surface area (Å²) in [6.45, 7) is 3.15. The fraction of sp³-hybridized carbons (Fsp3) is 0.533. The van der Waals surface area contributed by atoms with Gasteiger partial charge < -0.3 is 10.4 Å². The summed E-state index contributed by atoms with van der Waals surface area (Å²) in [5, 5.41) is 12.0. The standard InChI is InChI=1S/C15H23NO2/c1-13(12-14-8-4-2-5-9-14)16-11-7-3-6-10-15(17)18/h2,4-5,8-9,13,16H,3,6-7,10-12H2,1H3,(H,17,18). The maximum Gasteiger partial charge on any atom is 0.303 e. The number of rotatable bonds is 9. The van der Waals surface area contributed by atoms with E-state index in [1.54, 1.807) is 0 Å². The van der Waals surface area contributed by atoms with Gasteiger partial charge in [-0.05, 0) is 38.3 Å². The molecule has 0 aliphatic heterocycles. The minimum atomic E-state index is -0.694. The molecule has 3 heteroatoms. The number of carboxylic acid groups (broad SMARTS) is 1. The summed E-state index contributed by atoms with van der Waals surface area (Å²) in [5.74, 6) is -0.694. The topological polar surface area (TPSA) is 49.3 Å². The number of aliphatic carboxylic acids is 1. The van der Waals surface area contributed by atoms with E-state index >= 15 is 0 Å². The van der Waals surface area contributed by atoms with Crippen molar-refractivity contribution in [2.24, 2.45) is 0 Å². The summed E-state index contributed by atoms with van der Waals surface area (Å²) in [6, 6.07) is 10.9. The summed E-state index contributed by atoms with van der Waals surface area (Å²) in [7, 11) is 0. The zero-order chi connectivity index (χ0) is 13.2. The van der Waals surface area contributed by atoms with Crippen molar-refractivity contribution in [3.8, 4) is 0 Å². The van der Waals surface area contributed by atoms with Gasteiger partial charge in [0.15, 0.2) is 0 Å². The molecule has 1 rings (SSSR count). The minimum absolute atomic E-state index is 0.291. The molecule has 0 fully saturated rings. The number of unbranched alkanes of at least 4 members (excludes halogenated alkanes) is 2. The second-order valence-corrected chi connectivity index (χ2v) is 4.75. The molecule has 1 aromatic carbocycles. The molecular weight excluding hydrogens is 226 g/mol. The van der Waals surface area contributed by atoms with Crippen molar-refractivity contribution in [3.05, 3.63) is 35.9 Å². The Balaban J connectivity index is 2.03. The fourth-order valence-corrected chi connectivity index (χ4v) is 1.97. The van der Waals surface area contributed by atoms with Crippen LogP contribution in [0.4, 0.5) is 0 Å². The molecule has 0 bridgehead atoms. The Morgan fingerprint density at radius 2 is 1.94 bits per heavy atom. The van der Waals surface area contributed by atoms with Crippen LogP contribution in [0, 0.1) is 0 Å². The number of hydrogen-bond donors (Lipinski definition) is 2. The number of carbonyl (C=O) groups is 1. The minimum Gasteiger partial charge on any atom is -0.481 e. The average molecular weight is 249 g/mol. The van der Waals surface area contributed by atoms with Gasteiger partial charge in [-0.2, -0.15) is 0 Å². The van der Waals surface area contributed by atoms with Crippen LogP contribution in [-0.4, -0.2) is 23.7 Å². The molecule has 0 aliphatic rings. The Bertz CT molecular complexity index is 338. The summed E-state index contributed by atoms with van der Waals surface area (Å²) in [5.41, 5.74) is 1.35. The number of hydrogen-bond acceptors (Lipinski definition) is 2. The van der Waals surface area contributed by atoms with Crippen molar-refractivity contribution in [2.45, 2.75) is 45.1 Å². The fourth-order valence-electron chi connectivity index (χ4n) is 1.97. The lowest BCUT2D eigenvalue weighted by atomic mass is 10.1. The SMILES string of the molecule is CC(Cc1ccccc1)NCCCCCC(=O)O. The van der Waals surface area contributed by atoms with Gasteiger partial charge in [-0.15, -0.1) is 0 Å². The van der Waals surface area contributed by atoms with Gasteiger partial charge in [0.05, 0.1) is 0 Å². The number of nitrogens with one attached hydrogen (secondary N) is 1. The van der Waals surface area contributed by atoms with Gasteiger partial charge in [0.25, 0.3) is 0 Å². The lowest BCUT2D eigenvalue weighted by Gasteiger charge is -2.13. The highest BCUT2D eigenvalue weighted by Crippen LogP contribution is 2.03. The van der Waals surface area contributed by atoms with E-state index in [4.69, 9.17) is 5.11 Å². The molecule has 1 aromatic rings. The van der Waals surface area contributed by atoms with Crippen molar-refractivity contribution in [3.63, 3.8) is 0 Å².